The zero-order valence-electron chi connectivity index (χ0n) is 36.9. The fraction of sp³-hybridized carbons (Fsp3) is 0.232. The summed E-state index contributed by atoms with van der Waals surface area (Å²) in [7, 11) is 0. The van der Waals surface area contributed by atoms with E-state index in [9.17, 15) is 4.79 Å². The van der Waals surface area contributed by atoms with E-state index < -0.39 is 0 Å². The maximum absolute atomic E-state index is 13.3. The van der Waals surface area contributed by atoms with Crippen LogP contribution in [-0.4, -0.2) is 11.4 Å². The van der Waals surface area contributed by atoms with E-state index in [0.717, 1.165) is 59.1 Å². The number of rotatable bonds is 15. The number of anilines is 6. The highest BCUT2D eigenvalue weighted by atomic mass is 16.5. The summed E-state index contributed by atoms with van der Waals surface area (Å²) >= 11 is 0. The van der Waals surface area contributed by atoms with Gasteiger partial charge in [0, 0.05) is 45.3 Å². The number of hydrogen-bond acceptors (Lipinski definition) is 5. The Morgan fingerprint density at radius 1 is 0.426 bits per heavy atom. The van der Waals surface area contributed by atoms with Crippen LogP contribution >= 0.6 is 0 Å². The molecule has 5 heteroatoms. The number of aryl methyl sites for hydroxylation is 2. The summed E-state index contributed by atoms with van der Waals surface area (Å²) in [5.74, 6) is 2.21. The first-order valence-corrected chi connectivity index (χ1v) is 21.5. The summed E-state index contributed by atoms with van der Waals surface area (Å²) < 4.78 is 12.4. The lowest BCUT2D eigenvalue weighted by molar-refractivity contribution is 0.103. The van der Waals surface area contributed by atoms with E-state index in [0.29, 0.717) is 22.6 Å². The van der Waals surface area contributed by atoms with Crippen molar-refractivity contribution in [2.75, 3.05) is 9.80 Å². The maximum Gasteiger partial charge on any atom is 0.193 e. The molecule has 61 heavy (non-hydrogen) atoms. The second-order valence-corrected chi connectivity index (χ2v) is 17.2. The van der Waals surface area contributed by atoms with E-state index >= 15 is 0 Å². The minimum Gasteiger partial charge on any atom is -0.488 e. The second-order valence-electron chi connectivity index (χ2n) is 17.2. The van der Waals surface area contributed by atoms with E-state index in [1.807, 2.05) is 60.7 Å². The first kappa shape index (κ1) is 42.5. The standard InChI is InChI=1S/C56H58N2O3/c1-9-40-12-22-45(23-13-40)57(47-26-28-48(29-27-47)58(46-24-14-41(10-2)15-25-46)50-32-38-53(39-33-50)61-55(4,5)6)49-30-36-52(37-31-49)60-51-34-18-43(19-35-51)54(59)42-16-20-44(21-17-42)56(7,8)11-3/h12-39H,9-11H2,1-8H3. The summed E-state index contributed by atoms with van der Waals surface area (Å²) in [6.07, 6.45) is 2.99. The van der Waals surface area contributed by atoms with Gasteiger partial charge in [0.2, 0.25) is 0 Å². The van der Waals surface area contributed by atoms with Gasteiger partial charge in [-0.3, -0.25) is 4.79 Å². The lowest BCUT2D eigenvalue weighted by Crippen LogP contribution is -2.22. The van der Waals surface area contributed by atoms with Gasteiger partial charge < -0.3 is 19.3 Å². The molecule has 7 aromatic carbocycles. The Labute approximate surface area is 363 Å². The van der Waals surface area contributed by atoms with Crippen molar-refractivity contribution in [2.45, 2.75) is 85.7 Å². The molecule has 0 spiro atoms. The molecule has 0 aliphatic carbocycles. The Balaban J connectivity index is 1.13. The summed E-state index contributed by atoms with van der Waals surface area (Å²) in [5.41, 5.74) is 11.2. The number of ketones is 1. The van der Waals surface area contributed by atoms with E-state index in [1.54, 1.807) is 0 Å². The van der Waals surface area contributed by atoms with Gasteiger partial charge >= 0.3 is 0 Å². The molecule has 0 aliphatic heterocycles. The molecule has 0 heterocycles. The van der Waals surface area contributed by atoms with Crippen LogP contribution in [0.25, 0.3) is 0 Å². The van der Waals surface area contributed by atoms with Crippen molar-refractivity contribution in [3.8, 4) is 17.2 Å². The van der Waals surface area contributed by atoms with Crippen molar-refractivity contribution in [1.29, 1.82) is 0 Å². The lowest BCUT2D eigenvalue weighted by atomic mass is 9.82. The van der Waals surface area contributed by atoms with Crippen LogP contribution in [0.2, 0.25) is 0 Å². The third-order valence-electron chi connectivity index (χ3n) is 11.4. The number of nitrogens with zero attached hydrogens (tertiary/aromatic N) is 2. The van der Waals surface area contributed by atoms with Gasteiger partial charge in [-0.2, -0.15) is 0 Å². The van der Waals surface area contributed by atoms with E-state index in [2.05, 4.69) is 174 Å². The Morgan fingerprint density at radius 2 is 0.738 bits per heavy atom. The van der Waals surface area contributed by atoms with Crippen LogP contribution in [0.1, 0.15) is 94.4 Å². The summed E-state index contributed by atoms with van der Waals surface area (Å²) in [4.78, 5) is 17.9. The predicted octanol–water partition coefficient (Wildman–Crippen LogP) is 15.6. The highest BCUT2D eigenvalue weighted by Crippen LogP contribution is 2.40. The SMILES string of the molecule is CCc1ccc(N(c2ccc(Oc3ccc(C(=O)c4ccc(C(C)(C)CC)cc4)cc3)cc2)c2ccc(N(c3ccc(CC)cc3)c3ccc(OC(C)(C)C)cc3)cc2)cc1. The Morgan fingerprint density at radius 3 is 1.08 bits per heavy atom. The van der Waals surface area contributed by atoms with Crippen molar-refractivity contribution in [3.63, 3.8) is 0 Å². The Hall–Kier alpha value is -6.59. The van der Waals surface area contributed by atoms with Gasteiger partial charge in [-0.05, 0) is 183 Å². The molecule has 7 aromatic rings. The smallest absolute Gasteiger partial charge is 0.193 e. The Bertz CT molecular complexity index is 2500. The van der Waals surface area contributed by atoms with Crippen LogP contribution in [0.5, 0.6) is 17.2 Å². The van der Waals surface area contributed by atoms with Gasteiger partial charge in [0.1, 0.15) is 22.8 Å². The number of carbonyl (C=O) groups excluding carboxylic acids is 1. The van der Waals surface area contributed by atoms with Gasteiger partial charge in [-0.1, -0.05) is 83.1 Å². The zero-order valence-corrected chi connectivity index (χ0v) is 36.9. The molecule has 0 bridgehead atoms. The third-order valence-corrected chi connectivity index (χ3v) is 11.4. The molecule has 0 fully saturated rings. The van der Waals surface area contributed by atoms with Crippen LogP contribution in [-0.2, 0) is 18.3 Å². The molecule has 0 unspecified atom stereocenters. The number of ether oxygens (including phenoxy) is 2. The van der Waals surface area contributed by atoms with Crippen LogP contribution in [0.3, 0.4) is 0 Å². The molecular weight excluding hydrogens is 749 g/mol. The predicted molar refractivity (Wildman–Crippen MR) is 255 cm³/mol. The highest BCUT2D eigenvalue weighted by molar-refractivity contribution is 6.09. The molecule has 7 rings (SSSR count). The molecule has 0 N–H and O–H groups in total. The molecule has 0 aliphatic rings. The van der Waals surface area contributed by atoms with E-state index in [-0.39, 0.29) is 16.8 Å². The van der Waals surface area contributed by atoms with Gasteiger partial charge in [-0.15, -0.1) is 0 Å². The van der Waals surface area contributed by atoms with Crippen LogP contribution in [0, 0.1) is 0 Å². The third kappa shape index (κ3) is 10.2. The molecule has 0 aromatic heterocycles. The fourth-order valence-corrected chi connectivity index (χ4v) is 7.34. The minimum atomic E-state index is -0.279. The normalized spacial score (nSPS) is 11.5. The maximum atomic E-state index is 13.3. The highest BCUT2D eigenvalue weighted by Gasteiger charge is 2.20. The van der Waals surface area contributed by atoms with E-state index in [1.165, 1.54) is 16.7 Å². The average molecular weight is 807 g/mol. The first-order valence-electron chi connectivity index (χ1n) is 21.5. The molecule has 0 amide bonds. The quantitative estimate of drug-likeness (QED) is 0.0966. The molecule has 0 atom stereocenters. The molecule has 0 radical (unpaired) electrons. The van der Waals surface area contributed by atoms with Crippen molar-refractivity contribution >= 4 is 39.9 Å². The molecule has 310 valence electrons. The summed E-state index contributed by atoms with van der Waals surface area (Å²) in [6, 6.07) is 58.1. The number of carbonyl (C=O) groups is 1. The number of benzene rings is 7. The molecular formula is C56H58N2O3. The van der Waals surface area contributed by atoms with Crippen molar-refractivity contribution in [3.05, 3.63) is 198 Å². The summed E-state index contributed by atoms with van der Waals surface area (Å²) in [5, 5.41) is 0. The van der Waals surface area contributed by atoms with Crippen LogP contribution in [0.15, 0.2) is 170 Å². The average Bonchev–Trinajstić information content (AvgIpc) is 3.28. The summed E-state index contributed by atoms with van der Waals surface area (Å²) in [6.45, 7) is 17.2. The number of hydrogen-bond donors (Lipinski definition) is 0. The van der Waals surface area contributed by atoms with Crippen molar-refractivity contribution in [1.82, 2.24) is 0 Å². The van der Waals surface area contributed by atoms with Gasteiger partial charge in [0.25, 0.3) is 0 Å². The molecule has 0 saturated heterocycles. The van der Waals surface area contributed by atoms with Gasteiger partial charge in [0.15, 0.2) is 5.78 Å². The Kier molecular flexibility index (Phi) is 12.8. The zero-order chi connectivity index (χ0) is 43.1. The largest absolute Gasteiger partial charge is 0.488 e. The molecule has 5 nitrogen and oxygen atoms in total. The van der Waals surface area contributed by atoms with Crippen LogP contribution in [0.4, 0.5) is 34.1 Å². The second kappa shape index (κ2) is 18.4. The van der Waals surface area contributed by atoms with Gasteiger partial charge in [-0.25, -0.2) is 0 Å². The lowest BCUT2D eigenvalue weighted by Gasteiger charge is -2.29. The topological polar surface area (TPSA) is 42.0 Å². The molecule has 0 saturated carbocycles. The first-order chi connectivity index (χ1) is 29.3. The fourth-order valence-electron chi connectivity index (χ4n) is 7.34. The minimum absolute atomic E-state index is 0.00412. The monoisotopic (exact) mass is 806 g/mol. The van der Waals surface area contributed by atoms with Gasteiger partial charge in [0.05, 0.1) is 0 Å². The van der Waals surface area contributed by atoms with E-state index in [4.69, 9.17) is 9.47 Å². The van der Waals surface area contributed by atoms with Crippen molar-refractivity contribution < 1.29 is 14.3 Å². The van der Waals surface area contributed by atoms with Crippen molar-refractivity contribution in [2.24, 2.45) is 0 Å². The van der Waals surface area contributed by atoms with Crippen LogP contribution < -0.4 is 19.3 Å².